The van der Waals surface area contributed by atoms with Crippen molar-refractivity contribution in [1.29, 1.82) is 0 Å². The van der Waals surface area contributed by atoms with E-state index in [-0.39, 0.29) is 11.2 Å². The molecule has 0 saturated heterocycles. The number of amides is 1. The van der Waals surface area contributed by atoms with Gasteiger partial charge in [0.1, 0.15) is 5.75 Å². The monoisotopic (exact) mass is 379 g/mol. The van der Waals surface area contributed by atoms with Crippen molar-refractivity contribution in [2.75, 3.05) is 12.4 Å². The van der Waals surface area contributed by atoms with E-state index < -0.39 is 10.8 Å². The molecule has 3 rings (SSSR count). The number of nitrogens with one attached hydrogen (secondary N) is 1. The van der Waals surface area contributed by atoms with Crippen molar-refractivity contribution < 1.29 is 14.5 Å². The summed E-state index contributed by atoms with van der Waals surface area (Å²) >= 11 is 0. The molecular weight excluding hydrogens is 362 g/mol. The van der Waals surface area contributed by atoms with Crippen molar-refractivity contribution in [2.45, 2.75) is 6.54 Å². The molecule has 0 radical (unpaired) electrons. The largest absolute Gasteiger partial charge is 0.497 e. The number of nitro groups is 1. The molecule has 2 aromatic carbocycles. The lowest BCUT2D eigenvalue weighted by Gasteiger charge is -2.10. The van der Waals surface area contributed by atoms with Crippen LogP contribution < -0.4 is 15.6 Å². The van der Waals surface area contributed by atoms with Crippen LogP contribution in [0.2, 0.25) is 0 Å². The van der Waals surface area contributed by atoms with Crippen LogP contribution in [-0.2, 0) is 6.54 Å². The van der Waals surface area contributed by atoms with E-state index in [9.17, 15) is 19.7 Å². The van der Waals surface area contributed by atoms with Crippen molar-refractivity contribution in [3.8, 4) is 5.75 Å². The molecule has 1 heterocycles. The maximum absolute atomic E-state index is 12.5. The number of rotatable bonds is 6. The Morgan fingerprint density at radius 2 is 1.75 bits per heavy atom. The predicted molar refractivity (Wildman–Crippen MR) is 104 cm³/mol. The lowest BCUT2D eigenvalue weighted by Crippen LogP contribution is -2.22. The molecule has 8 heteroatoms. The van der Waals surface area contributed by atoms with E-state index in [1.165, 1.54) is 47.2 Å². The molecule has 0 aliphatic heterocycles. The lowest BCUT2D eigenvalue weighted by atomic mass is 10.2. The molecule has 1 N–H and O–H groups in total. The number of hydrogen-bond acceptors (Lipinski definition) is 5. The van der Waals surface area contributed by atoms with Gasteiger partial charge in [0.05, 0.1) is 24.1 Å². The van der Waals surface area contributed by atoms with Gasteiger partial charge < -0.3 is 14.6 Å². The Bertz CT molecular complexity index is 1060. The SMILES string of the molecule is COc1ccc(Cn2cc(C(=O)Nc3ccc([N+](=O)[O-])cc3)ccc2=O)cc1. The Balaban J connectivity index is 1.76. The molecule has 1 aromatic heterocycles. The second-order valence-electron chi connectivity index (χ2n) is 5.99. The van der Waals surface area contributed by atoms with Crippen molar-refractivity contribution in [3.05, 3.63) is 98.5 Å². The van der Waals surface area contributed by atoms with Gasteiger partial charge in [-0.15, -0.1) is 0 Å². The average molecular weight is 379 g/mol. The molecule has 0 spiro atoms. The highest BCUT2D eigenvalue weighted by Gasteiger charge is 2.10. The summed E-state index contributed by atoms with van der Waals surface area (Å²) in [4.78, 5) is 34.8. The molecule has 0 saturated carbocycles. The van der Waals surface area contributed by atoms with Gasteiger partial charge in [0.15, 0.2) is 0 Å². The van der Waals surface area contributed by atoms with E-state index in [0.717, 1.165) is 5.56 Å². The summed E-state index contributed by atoms with van der Waals surface area (Å²) in [6.45, 7) is 0.307. The first-order valence-corrected chi connectivity index (χ1v) is 8.35. The minimum atomic E-state index is -0.513. The number of non-ortho nitro benzene ring substituents is 1. The van der Waals surface area contributed by atoms with Gasteiger partial charge in [0.25, 0.3) is 17.2 Å². The molecule has 1 amide bonds. The van der Waals surface area contributed by atoms with Crippen molar-refractivity contribution in [2.24, 2.45) is 0 Å². The first-order chi connectivity index (χ1) is 13.5. The Morgan fingerprint density at radius 3 is 2.36 bits per heavy atom. The van der Waals surface area contributed by atoms with Gasteiger partial charge in [-0.3, -0.25) is 19.7 Å². The number of hydrogen-bond donors (Lipinski definition) is 1. The maximum atomic E-state index is 12.5. The molecule has 142 valence electrons. The third-order valence-corrected chi connectivity index (χ3v) is 4.09. The Hall–Kier alpha value is -3.94. The van der Waals surface area contributed by atoms with Crippen LogP contribution in [0, 0.1) is 10.1 Å². The van der Waals surface area contributed by atoms with Crippen LogP contribution >= 0.6 is 0 Å². The third kappa shape index (κ3) is 4.42. The van der Waals surface area contributed by atoms with E-state index >= 15 is 0 Å². The van der Waals surface area contributed by atoms with Crippen molar-refractivity contribution >= 4 is 17.3 Å². The lowest BCUT2D eigenvalue weighted by molar-refractivity contribution is -0.384. The van der Waals surface area contributed by atoms with Crippen LogP contribution in [0.5, 0.6) is 5.75 Å². The number of carbonyl (C=O) groups excluding carboxylic acids is 1. The molecule has 0 aliphatic rings. The molecule has 0 bridgehead atoms. The molecular formula is C20H17N3O5. The number of nitro benzene ring substituents is 1. The number of nitrogens with zero attached hydrogens (tertiary/aromatic N) is 2. The summed E-state index contributed by atoms with van der Waals surface area (Å²) < 4.78 is 6.55. The average Bonchev–Trinajstić information content (AvgIpc) is 2.70. The van der Waals surface area contributed by atoms with E-state index in [2.05, 4.69) is 5.32 Å². The highest BCUT2D eigenvalue weighted by atomic mass is 16.6. The zero-order valence-electron chi connectivity index (χ0n) is 15.0. The zero-order chi connectivity index (χ0) is 20.1. The Kier molecular flexibility index (Phi) is 5.50. The summed E-state index contributed by atoms with van der Waals surface area (Å²) in [5.41, 5.74) is 1.31. The predicted octanol–water partition coefficient (Wildman–Crippen LogP) is 3.07. The quantitative estimate of drug-likeness (QED) is 0.524. The number of pyridine rings is 1. The van der Waals surface area contributed by atoms with Crippen molar-refractivity contribution in [3.63, 3.8) is 0 Å². The highest BCUT2D eigenvalue weighted by Crippen LogP contribution is 2.16. The number of methoxy groups -OCH3 is 1. The summed E-state index contributed by atoms with van der Waals surface area (Å²) in [5, 5.41) is 13.3. The van der Waals surface area contributed by atoms with Crippen LogP contribution in [0.15, 0.2) is 71.7 Å². The first kappa shape index (κ1) is 18.8. The summed E-state index contributed by atoms with van der Waals surface area (Å²) in [6, 6.07) is 15.6. The summed E-state index contributed by atoms with van der Waals surface area (Å²) in [7, 11) is 1.58. The van der Waals surface area contributed by atoms with Crippen molar-refractivity contribution in [1.82, 2.24) is 4.57 Å². The molecule has 8 nitrogen and oxygen atoms in total. The van der Waals surface area contributed by atoms with Gasteiger partial charge in [-0.25, -0.2) is 0 Å². The van der Waals surface area contributed by atoms with E-state index in [1.807, 2.05) is 12.1 Å². The van der Waals surface area contributed by atoms with Gasteiger partial charge in [-0.2, -0.15) is 0 Å². The summed E-state index contributed by atoms with van der Waals surface area (Å²) in [5.74, 6) is 0.296. The molecule has 3 aromatic rings. The van der Waals surface area contributed by atoms with Crippen LogP contribution in [-0.4, -0.2) is 22.5 Å². The van der Waals surface area contributed by atoms with Crippen LogP contribution in [0.3, 0.4) is 0 Å². The standard InChI is InChI=1S/C20H17N3O5/c1-28-18-9-2-14(3-10-18)12-22-13-15(4-11-19(22)24)20(25)21-16-5-7-17(8-6-16)23(26)27/h2-11,13H,12H2,1H3,(H,21,25). The fourth-order valence-electron chi connectivity index (χ4n) is 2.59. The normalized spacial score (nSPS) is 10.3. The van der Waals surface area contributed by atoms with Gasteiger partial charge >= 0.3 is 0 Å². The molecule has 0 aliphatic carbocycles. The second-order valence-corrected chi connectivity index (χ2v) is 5.99. The summed E-state index contributed by atoms with van der Waals surface area (Å²) in [6.07, 6.45) is 1.48. The molecule has 0 atom stereocenters. The van der Waals surface area contributed by atoms with E-state index in [1.54, 1.807) is 19.2 Å². The number of aromatic nitrogens is 1. The minimum Gasteiger partial charge on any atom is -0.497 e. The zero-order valence-corrected chi connectivity index (χ0v) is 15.0. The van der Waals surface area contributed by atoms with E-state index in [0.29, 0.717) is 23.5 Å². The second kappa shape index (κ2) is 8.17. The van der Waals surface area contributed by atoms with Gasteiger partial charge in [-0.1, -0.05) is 12.1 Å². The molecule has 0 fully saturated rings. The van der Waals surface area contributed by atoms with Crippen LogP contribution in [0.4, 0.5) is 11.4 Å². The smallest absolute Gasteiger partial charge is 0.269 e. The Labute approximate surface area is 160 Å². The third-order valence-electron chi connectivity index (χ3n) is 4.09. The topological polar surface area (TPSA) is 103 Å². The van der Waals surface area contributed by atoms with Gasteiger partial charge in [0, 0.05) is 30.1 Å². The molecule has 28 heavy (non-hydrogen) atoms. The number of carbonyl (C=O) groups is 1. The number of benzene rings is 2. The molecule has 0 unspecified atom stereocenters. The van der Waals surface area contributed by atoms with Crippen LogP contribution in [0.1, 0.15) is 15.9 Å². The first-order valence-electron chi connectivity index (χ1n) is 8.35. The van der Waals surface area contributed by atoms with Crippen LogP contribution in [0.25, 0.3) is 0 Å². The maximum Gasteiger partial charge on any atom is 0.269 e. The highest BCUT2D eigenvalue weighted by molar-refractivity contribution is 6.04. The minimum absolute atomic E-state index is 0.0639. The fraction of sp³-hybridized carbons (Fsp3) is 0.100. The number of anilines is 1. The van der Waals surface area contributed by atoms with Gasteiger partial charge in [0.2, 0.25) is 0 Å². The number of ether oxygens (including phenoxy) is 1. The van der Waals surface area contributed by atoms with Gasteiger partial charge in [-0.05, 0) is 35.9 Å². The Morgan fingerprint density at radius 1 is 1.07 bits per heavy atom. The van der Waals surface area contributed by atoms with E-state index in [4.69, 9.17) is 4.74 Å². The fourth-order valence-corrected chi connectivity index (χ4v) is 2.59.